The molecule has 2 N–H and O–H groups in total. The van der Waals surface area contributed by atoms with Crippen LogP contribution in [-0.4, -0.2) is 34.8 Å². The first-order valence-corrected chi connectivity index (χ1v) is 11.2. The molecule has 5 rings (SSSR count). The average molecular weight is 401 g/mol. The number of nitrogens with zero attached hydrogens (tertiary/aromatic N) is 3. The Labute approximate surface area is 164 Å². The first kappa shape index (κ1) is 17.7. The Hall–Kier alpha value is -2.39. The molecule has 1 aliphatic heterocycles. The van der Waals surface area contributed by atoms with Gasteiger partial charge in [0.15, 0.2) is 0 Å². The molecular weight excluding hydrogens is 378 g/mol. The molecule has 0 fully saturated rings. The summed E-state index contributed by atoms with van der Waals surface area (Å²) < 4.78 is 30.8. The van der Waals surface area contributed by atoms with Crippen LogP contribution in [0.15, 0.2) is 18.5 Å². The van der Waals surface area contributed by atoms with Crippen molar-refractivity contribution in [2.45, 2.75) is 51.6 Å². The zero-order valence-electron chi connectivity index (χ0n) is 15.6. The Morgan fingerprint density at radius 2 is 1.75 bits per heavy atom. The van der Waals surface area contributed by atoms with Crippen molar-refractivity contribution in [3.05, 3.63) is 46.5 Å². The first-order valence-electron chi connectivity index (χ1n) is 9.76. The maximum atomic E-state index is 12.7. The van der Waals surface area contributed by atoms with Gasteiger partial charge < -0.3 is 9.88 Å². The maximum Gasteiger partial charge on any atom is 0.333 e. The van der Waals surface area contributed by atoms with Crippen molar-refractivity contribution in [2.24, 2.45) is 0 Å². The van der Waals surface area contributed by atoms with E-state index in [4.69, 9.17) is 0 Å². The van der Waals surface area contributed by atoms with Gasteiger partial charge in [-0.1, -0.05) is 6.07 Å². The van der Waals surface area contributed by atoms with Crippen molar-refractivity contribution in [1.82, 2.24) is 18.6 Å². The molecule has 2 heterocycles. The molecule has 0 saturated carbocycles. The number of rotatable bonds is 3. The maximum absolute atomic E-state index is 12.7. The number of aryl methyl sites for hydroxylation is 2. The average Bonchev–Trinajstić information content (AvgIpc) is 3.40. The third kappa shape index (κ3) is 2.98. The van der Waals surface area contributed by atoms with Gasteiger partial charge in [-0.2, -0.15) is 12.7 Å². The van der Waals surface area contributed by atoms with E-state index in [2.05, 4.69) is 21.1 Å². The summed E-state index contributed by atoms with van der Waals surface area (Å²) in [5.41, 5.74) is 5.77. The zero-order valence-corrected chi connectivity index (χ0v) is 16.4. The number of carbonyl (C=O) groups is 1. The summed E-state index contributed by atoms with van der Waals surface area (Å²) in [5.74, 6) is 0.677. The highest BCUT2D eigenvalue weighted by molar-refractivity contribution is 7.87. The van der Waals surface area contributed by atoms with E-state index in [1.807, 2.05) is 10.8 Å². The van der Waals surface area contributed by atoms with Gasteiger partial charge in [0.05, 0.1) is 6.54 Å². The van der Waals surface area contributed by atoms with Crippen LogP contribution in [0.1, 0.15) is 40.9 Å². The van der Waals surface area contributed by atoms with Crippen molar-refractivity contribution < 1.29 is 13.2 Å². The Bertz CT molecular complexity index is 1030. The summed E-state index contributed by atoms with van der Waals surface area (Å²) in [4.78, 5) is 16.8. The van der Waals surface area contributed by atoms with Crippen LogP contribution in [0.5, 0.6) is 0 Å². The number of fused-ring (bicyclic) bond motifs is 3. The molecule has 1 aromatic heterocycles. The molecule has 0 saturated heterocycles. The van der Waals surface area contributed by atoms with Crippen LogP contribution in [0, 0.1) is 0 Å². The summed E-state index contributed by atoms with van der Waals surface area (Å²) >= 11 is 0. The quantitative estimate of drug-likeness (QED) is 0.819. The van der Waals surface area contributed by atoms with Crippen LogP contribution >= 0.6 is 0 Å². The second-order valence-electron chi connectivity index (χ2n) is 7.67. The van der Waals surface area contributed by atoms with Gasteiger partial charge in [0.2, 0.25) is 0 Å². The number of anilines is 1. The molecule has 2 aliphatic carbocycles. The van der Waals surface area contributed by atoms with Crippen molar-refractivity contribution in [2.75, 3.05) is 11.9 Å². The van der Waals surface area contributed by atoms with Gasteiger partial charge in [-0.25, -0.2) is 14.5 Å². The smallest absolute Gasteiger partial charge is 0.332 e. The minimum Gasteiger partial charge on any atom is -0.332 e. The van der Waals surface area contributed by atoms with E-state index in [0.29, 0.717) is 18.9 Å². The molecule has 0 bridgehead atoms. The lowest BCUT2D eigenvalue weighted by Crippen LogP contribution is -2.47. The molecule has 1 aromatic carbocycles. The lowest BCUT2D eigenvalue weighted by atomic mass is 9.99. The van der Waals surface area contributed by atoms with Crippen LogP contribution in [-0.2, 0) is 49.0 Å². The van der Waals surface area contributed by atoms with Crippen LogP contribution in [0.3, 0.4) is 0 Å². The normalized spacial score (nSPS) is 18.4. The molecule has 2 amide bonds. The van der Waals surface area contributed by atoms with E-state index in [1.165, 1.54) is 26.6 Å². The summed E-state index contributed by atoms with van der Waals surface area (Å²) in [6.07, 6.45) is 9.55. The van der Waals surface area contributed by atoms with Gasteiger partial charge in [0.1, 0.15) is 5.82 Å². The number of imidazole rings is 1. The number of hydrogen-bond donors (Lipinski definition) is 2. The zero-order chi connectivity index (χ0) is 19.3. The highest BCUT2D eigenvalue weighted by Gasteiger charge is 2.30. The molecule has 0 spiro atoms. The Kier molecular flexibility index (Phi) is 4.17. The predicted octanol–water partition coefficient (Wildman–Crippen LogP) is 1.74. The Morgan fingerprint density at radius 3 is 2.46 bits per heavy atom. The summed E-state index contributed by atoms with van der Waals surface area (Å²) in [7, 11) is -3.93. The van der Waals surface area contributed by atoms with Crippen molar-refractivity contribution in [3.8, 4) is 0 Å². The van der Waals surface area contributed by atoms with E-state index >= 15 is 0 Å². The number of nitrogens with one attached hydrogen (secondary N) is 2. The summed E-state index contributed by atoms with van der Waals surface area (Å²) in [6.45, 7) is 0.991. The van der Waals surface area contributed by atoms with Crippen LogP contribution < -0.4 is 10.0 Å². The molecule has 0 atom stereocenters. The van der Waals surface area contributed by atoms with Crippen LogP contribution in [0.25, 0.3) is 0 Å². The minimum absolute atomic E-state index is 0.158. The predicted molar refractivity (Wildman–Crippen MR) is 104 cm³/mol. The van der Waals surface area contributed by atoms with Crippen molar-refractivity contribution in [1.29, 1.82) is 0 Å². The Balaban J connectivity index is 1.35. The van der Waals surface area contributed by atoms with E-state index < -0.39 is 16.2 Å². The third-order valence-electron chi connectivity index (χ3n) is 5.98. The first-order chi connectivity index (χ1) is 13.5. The number of carbonyl (C=O) groups excluding carboxylic acids is 1. The summed E-state index contributed by atoms with van der Waals surface area (Å²) in [6, 6.07) is 1.59. The molecular formula is C19H23N5O3S. The van der Waals surface area contributed by atoms with Crippen LogP contribution in [0.2, 0.25) is 0 Å². The van der Waals surface area contributed by atoms with E-state index in [1.54, 1.807) is 6.20 Å². The lowest BCUT2D eigenvalue weighted by molar-refractivity contribution is 0.255. The van der Waals surface area contributed by atoms with Gasteiger partial charge >= 0.3 is 16.2 Å². The fourth-order valence-electron chi connectivity index (χ4n) is 4.64. The van der Waals surface area contributed by atoms with Gasteiger partial charge in [0.25, 0.3) is 0 Å². The van der Waals surface area contributed by atoms with Gasteiger partial charge in [-0.05, 0) is 60.8 Å². The second-order valence-corrected chi connectivity index (χ2v) is 9.34. The van der Waals surface area contributed by atoms with E-state index in [-0.39, 0.29) is 6.54 Å². The Morgan fingerprint density at radius 1 is 1.04 bits per heavy atom. The number of benzene rings is 1. The molecule has 3 aliphatic rings. The molecule has 9 heteroatoms. The van der Waals surface area contributed by atoms with Gasteiger partial charge in [0, 0.05) is 31.2 Å². The van der Waals surface area contributed by atoms with Crippen molar-refractivity contribution in [3.63, 3.8) is 0 Å². The fraction of sp³-hybridized carbons (Fsp3) is 0.474. The number of hydrogen-bond acceptors (Lipinski definition) is 4. The standard InChI is InChI=1S/C19H23N5O3S/c25-19(22-28(26,27)24-10-9-23-8-7-20-17(23)12-24)21-18-15-5-1-3-13(15)11-14-4-2-6-16(14)18/h7-8,11H,1-6,9-10,12H2,(H2,21,22,25). The largest absolute Gasteiger partial charge is 0.333 e. The number of urea groups is 1. The van der Waals surface area contributed by atoms with Gasteiger partial charge in [-0.3, -0.25) is 0 Å². The molecule has 0 unspecified atom stereocenters. The topological polar surface area (TPSA) is 96.3 Å². The molecule has 0 radical (unpaired) electrons. The van der Waals surface area contributed by atoms with Crippen molar-refractivity contribution >= 4 is 21.9 Å². The fourth-order valence-corrected chi connectivity index (χ4v) is 5.67. The van der Waals surface area contributed by atoms with Crippen LogP contribution in [0.4, 0.5) is 10.5 Å². The van der Waals surface area contributed by atoms with E-state index in [0.717, 1.165) is 44.2 Å². The molecule has 148 valence electrons. The molecule has 28 heavy (non-hydrogen) atoms. The van der Waals surface area contributed by atoms with E-state index in [9.17, 15) is 13.2 Å². The molecule has 2 aromatic rings. The van der Waals surface area contributed by atoms with Gasteiger partial charge in [-0.15, -0.1) is 0 Å². The summed E-state index contributed by atoms with van der Waals surface area (Å²) in [5, 5.41) is 2.88. The number of aromatic nitrogens is 2. The second kappa shape index (κ2) is 6.59. The highest BCUT2D eigenvalue weighted by atomic mass is 32.2. The third-order valence-corrected chi connectivity index (χ3v) is 7.42. The lowest BCUT2D eigenvalue weighted by Gasteiger charge is -2.27. The highest BCUT2D eigenvalue weighted by Crippen LogP contribution is 2.38. The molecule has 8 nitrogen and oxygen atoms in total. The minimum atomic E-state index is -3.93. The number of amides is 2. The monoisotopic (exact) mass is 401 g/mol. The SMILES string of the molecule is O=C(Nc1c2c(cc3c1CCC3)CCC2)NS(=O)(=O)N1CCn2ccnc2C1.